The zero-order valence-corrected chi connectivity index (χ0v) is 18.9. The van der Waals surface area contributed by atoms with Crippen molar-refractivity contribution in [2.45, 2.75) is 25.8 Å². The van der Waals surface area contributed by atoms with Crippen LogP contribution in [-0.4, -0.2) is 53.5 Å². The Morgan fingerprint density at radius 3 is 2.85 bits per heavy atom. The van der Waals surface area contributed by atoms with E-state index in [1.54, 1.807) is 24.9 Å². The summed E-state index contributed by atoms with van der Waals surface area (Å²) in [4.78, 5) is 32.0. The third-order valence-corrected chi connectivity index (χ3v) is 5.95. The Hall–Kier alpha value is -3.32. The normalized spacial score (nSPS) is 16.9. The molecule has 1 unspecified atom stereocenters. The van der Waals surface area contributed by atoms with E-state index in [1.807, 2.05) is 24.4 Å². The Morgan fingerprint density at radius 1 is 1.21 bits per heavy atom. The van der Waals surface area contributed by atoms with Crippen LogP contribution in [-0.2, 0) is 16.0 Å². The second-order valence-corrected chi connectivity index (χ2v) is 9.00. The van der Waals surface area contributed by atoms with Crippen molar-refractivity contribution in [3.8, 4) is 0 Å². The van der Waals surface area contributed by atoms with Gasteiger partial charge in [-0.25, -0.2) is 4.39 Å². The van der Waals surface area contributed by atoms with Crippen LogP contribution < -0.4 is 5.32 Å². The number of rotatable bonds is 5. The van der Waals surface area contributed by atoms with Gasteiger partial charge in [0.1, 0.15) is 11.4 Å². The molecule has 0 saturated carbocycles. The quantitative estimate of drug-likeness (QED) is 0.646. The molecule has 4 rings (SSSR count). The van der Waals surface area contributed by atoms with E-state index >= 15 is 0 Å². The molecule has 1 N–H and O–H groups in total. The van der Waals surface area contributed by atoms with E-state index in [0.717, 1.165) is 23.3 Å². The predicted molar refractivity (Wildman–Crippen MR) is 124 cm³/mol. The molecule has 33 heavy (non-hydrogen) atoms. The lowest BCUT2D eigenvalue weighted by Gasteiger charge is -2.33. The van der Waals surface area contributed by atoms with E-state index in [1.165, 1.54) is 23.8 Å². The molecule has 0 radical (unpaired) electrons. The number of carbonyl (C=O) groups is 2. The van der Waals surface area contributed by atoms with Crippen LogP contribution in [0.4, 0.5) is 4.39 Å². The highest BCUT2D eigenvalue weighted by Crippen LogP contribution is 2.23. The van der Waals surface area contributed by atoms with Gasteiger partial charge in [-0.05, 0) is 55.5 Å². The van der Waals surface area contributed by atoms with Crippen LogP contribution in [0.1, 0.15) is 29.8 Å². The first-order valence-corrected chi connectivity index (χ1v) is 11.1. The minimum absolute atomic E-state index is 0.116. The third-order valence-electron chi connectivity index (χ3n) is 5.95. The lowest BCUT2D eigenvalue weighted by Crippen LogP contribution is -2.57. The van der Waals surface area contributed by atoms with E-state index in [-0.39, 0.29) is 17.4 Å². The fourth-order valence-corrected chi connectivity index (χ4v) is 4.30. The second kappa shape index (κ2) is 9.67. The molecular formula is C26H28FN3O3. The molecule has 6 nitrogen and oxygen atoms in total. The van der Waals surface area contributed by atoms with Crippen molar-refractivity contribution in [1.82, 2.24) is 15.2 Å². The predicted octanol–water partition coefficient (Wildman–Crippen LogP) is 3.60. The molecule has 1 atom stereocenters. The molecule has 3 aromatic rings. The van der Waals surface area contributed by atoms with Crippen molar-refractivity contribution in [3.05, 3.63) is 77.9 Å². The average Bonchev–Trinajstić information content (AvgIpc) is 3.04. The van der Waals surface area contributed by atoms with Gasteiger partial charge in [0.2, 0.25) is 5.91 Å². The maximum absolute atomic E-state index is 13.5. The molecule has 7 heteroatoms. The zero-order valence-electron chi connectivity index (χ0n) is 18.9. The molecule has 1 aromatic heterocycles. The van der Waals surface area contributed by atoms with Gasteiger partial charge in [-0.3, -0.25) is 14.6 Å². The number of pyridine rings is 1. The minimum atomic E-state index is -1.15. The number of nitrogens with zero attached hydrogens (tertiary/aromatic N) is 2. The molecule has 2 aromatic carbocycles. The van der Waals surface area contributed by atoms with Gasteiger partial charge in [-0.1, -0.05) is 24.3 Å². The second-order valence-electron chi connectivity index (χ2n) is 9.00. The Kier molecular flexibility index (Phi) is 6.70. The summed E-state index contributed by atoms with van der Waals surface area (Å²) in [5.74, 6) is -1.06. The first-order chi connectivity index (χ1) is 15.8. The van der Waals surface area contributed by atoms with E-state index < -0.39 is 17.3 Å². The summed E-state index contributed by atoms with van der Waals surface area (Å²) < 4.78 is 19.3. The first-order valence-electron chi connectivity index (χ1n) is 11.1. The van der Waals surface area contributed by atoms with Gasteiger partial charge in [0.05, 0.1) is 13.2 Å². The van der Waals surface area contributed by atoms with E-state index in [0.29, 0.717) is 26.3 Å². The monoisotopic (exact) mass is 449 g/mol. The minimum Gasteiger partial charge on any atom is -0.379 e. The average molecular weight is 450 g/mol. The van der Waals surface area contributed by atoms with Crippen LogP contribution >= 0.6 is 0 Å². The number of nitrogens with one attached hydrogen (secondary N) is 1. The van der Waals surface area contributed by atoms with Gasteiger partial charge >= 0.3 is 0 Å². The number of carbonyl (C=O) groups excluding carboxylic acids is 2. The van der Waals surface area contributed by atoms with Crippen LogP contribution in [0.2, 0.25) is 0 Å². The number of aromatic nitrogens is 1. The number of ether oxygens (including phenoxy) is 1. The molecule has 1 aliphatic rings. The van der Waals surface area contributed by atoms with Crippen LogP contribution in [0.3, 0.4) is 0 Å². The summed E-state index contributed by atoms with van der Waals surface area (Å²) in [5, 5.41) is 4.99. The van der Waals surface area contributed by atoms with Crippen LogP contribution in [0.5, 0.6) is 0 Å². The number of hydrogen-bond donors (Lipinski definition) is 1. The first kappa shape index (κ1) is 22.9. The maximum Gasteiger partial charge on any atom is 0.252 e. The lowest BCUT2D eigenvalue weighted by atomic mass is 9.95. The van der Waals surface area contributed by atoms with Crippen LogP contribution in [0, 0.1) is 11.7 Å². The van der Waals surface area contributed by atoms with E-state index in [9.17, 15) is 14.0 Å². The highest BCUT2D eigenvalue weighted by molar-refractivity contribution is 5.99. The lowest BCUT2D eigenvalue weighted by molar-refractivity contribution is -0.137. The fraction of sp³-hybridized carbons (Fsp3) is 0.346. The third kappa shape index (κ3) is 5.37. The number of fused-ring (bicyclic) bond motifs is 1. The molecule has 2 heterocycles. The SMILES string of the molecule is CC(C)(NC(=O)c1cccc(F)c1)C(=O)N1CCOCC(Cc2cccc3cnccc23)C1. The Labute approximate surface area is 192 Å². The summed E-state index contributed by atoms with van der Waals surface area (Å²) >= 11 is 0. The largest absolute Gasteiger partial charge is 0.379 e. The van der Waals surface area contributed by atoms with Crippen molar-refractivity contribution >= 4 is 22.6 Å². The van der Waals surface area contributed by atoms with Gasteiger partial charge in [-0.2, -0.15) is 0 Å². The van der Waals surface area contributed by atoms with Gasteiger partial charge in [0.15, 0.2) is 0 Å². The summed E-state index contributed by atoms with van der Waals surface area (Å²) in [6.45, 7) is 5.32. The smallest absolute Gasteiger partial charge is 0.252 e. The highest BCUT2D eigenvalue weighted by atomic mass is 19.1. The number of amides is 2. The summed E-state index contributed by atoms with van der Waals surface area (Å²) in [7, 11) is 0. The van der Waals surface area contributed by atoms with Gasteiger partial charge < -0.3 is 15.0 Å². The van der Waals surface area contributed by atoms with Gasteiger partial charge in [0.25, 0.3) is 5.91 Å². The molecule has 0 aliphatic carbocycles. The molecule has 0 bridgehead atoms. The van der Waals surface area contributed by atoms with Crippen LogP contribution in [0.25, 0.3) is 10.8 Å². The molecule has 2 amide bonds. The van der Waals surface area contributed by atoms with Gasteiger partial charge in [-0.15, -0.1) is 0 Å². The van der Waals surface area contributed by atoms with Crippen LogP contribution in [0.15, 0.2) is 60.9 Å². The summed E-state index contributed by atoms with van der Waals surface area (Å²) in [6.07, 6.45) is 4.40. The Bertz CT molecular complexity index is 1160. The fourth-order valence-electron chi connectivity index (χ4n) is 4.30. The van der Waals surface area contributed by atoms with Gasteiger partial charge in [0, 0.05) is 42.4 Å². The topological polar surface area (TPSA) is 71.5 Å². The number of hydrogen-bond acceptors (Lipinski definition) is 4. The van der Waals surface area contributed by atoms with E-state index in [4.69, 9.17) is 4.74 Å². The Morgan fingerprint density at radius 2 is 2.03 bits per heavy atom. The zero-order chi connectivity index (χ0) is 23.4. The van der Waals surface area contributed by atoms with Crippen molar-refractivity contribution in [2.75, 3.05) is 26.3 Å². The summed E-state index contributed by atoms with van der Waals surface area (Å²) in [5.41, 5.74) is 0.221. The number of benzene rings is 2. The summed E-state index contributed by atoms with van der Waals surface area (Å²) in [6, 6.07) is 13.6. The van der Waals surface area contributed by atoms with Crippen molar-refractivity contribution < 1.29 is 18.7 Å². The maximum atomic E-state index is 13.5. The van der Waals surface area contributed by atoms with E-state index in [2.05, 4.69) is 16.4 Å². The molecule has 172 valence electrons. The van der Waals surface area contributed by atoms with Crippen molar-refractivity contribution in [2.24, 2.45) is 5.92 Å². The standard InChI is InChI=1S/C26H28FN3O3/c1-26(2,29-24(31)20-6-4-8-22(27)14-20)25(32)30-11-12-33-17-18(16-30)13-19-5-3-7-21-15-28-10-9-23(19)21/h3-10,14-15,18H,11-13,16-17H2,1-2H3,(H,29,31). The Balaban J connectivity index is 1.47. The number of halogens is 1. The molecule has 1 aliphatic heterocycles. The molecule has 0 spiro atoms. The molecular weight excluding hydrogens is 421 g/mol. The highest BCUT2D eigenvalue weighted by Gasteiger charge is 2.35. The molecule has 1 saturated heterocycles. The van der Waals surface area contributed by atoms with Crippen molar-refractivity contribution in [1.29, 1.82) is 0 Å². The molecule has 1 fully saturated rings. The van der Waals surface area contributed by atoms with Crippen molar-refractivity contribution in [3.63, 3.8) is 0 Å².